The van der Waals surface area contributed by atoms with Gasteiger partial charge in [-0.3, -0.25) is 0 Å². The number of rotatable bonds is 5. The Bertz CT molecular complexity index is 358. The van der Waals surface area contributed by atoms with Gasteiger partial charge >= 0.3 is 0 Å². The molecule has 2 rings (SSSR count). The summed E-state index contributed by atoms with van der Waals surface area (Å²) in [5.41, 5.74) is 8.51. The molecule has 1 aliphatic carbocycles. The van der Waals surface area contributed by atoms with Crippen LogP contribution in [0, 0.1) is 11.3 Å². The fraction of sp³-hybridized carbons (Fsp3) is 0.571. The van der Waals surface area contributed by atoms with Gasteiger partial charge < -0.3 is 11.1 Å². The average Bonchev–Trinajstić information content (AvgIpc) is 2.82. The minimum absolute atomic E-state index is 0.587. The molecule has 0 saturated heterocycles. The van der Waals surface area contributed by atoms with Crippen molar-refractivity contribution in [2.24, 2.45) is 11.3 Å². The molecule has 1 atom stereocenters. The Kier molecular flexibility index (Phi) is 3.20. The lowest BCUT2D eigenvalue weighted by Gasteiger charge is -2.06. The van der Waals surface area contributed by atoms with Gasteiger partial charge in [0.2, 0.25) is 0 Å². The van der Waals surface area contributed by atoms with Crippen LogP contribution in [0.15, 0.2) is 24.3 Å². The molecule has 0 spiro atoms. The maximum Gasteiger partial charge on any atom is 0.0316 e. The van der Waals surface area contributed by atoms with Crippen molar-refractivity contribution >= 4 is 5.69 Å². The van der Waals surface area contributed by atoms with Crippen molar-refractivity contribution in [3.05, 3.63) is 29.8 Å². The molecule has 0 heterocycles. The zero-order valence-corrected chi connectivity index (χ0v) is 10.3. The second-order valence-corrected chi connectivity index (χ2v) is 5.59. The third-order valence-corrected chi connectivity index (χ3v) is 3.65. The molecule has 1 fully saturated rings. The predicted molar refractivity (Wildman–Crippen MR) is 69.3 cm³/mol. The lowest BCUT2D eigenvalue weighted by Crippen LogP contribution is -2.21. The topological polar surface area (TPSA) is 38.0 Å². The molecule has 2 heteroatoms. The second-order valence-electron chi connectivity index (χ2n) is 5.59. The Morgan fingerprint density at radius 1 is 1.44 bits per heavy atom. The van der Waals surface area contributed by atoms with Crippen LogP contribution < -0.4 is 11.1 Å². The van der Waals surface area contributed by atoms with Crippen molar-refractivity contribution in [2.75, 3.05) is 18.8 Å². The number of hydrogen-bond acceptors (Lipinski definition) is 2. The summed E-state index contributed by atoms with van der Waals surface area (Å²) in [5, 5.41) is 3.53. The molecule has 88 valence electrons. The summed E-state index contributed by atoms with van der Waals surface area (Å²) in [6, 6.07) is 8.15. The molecule has 16 heavy (non-hydrogen) atoms. The summed E-state index contributed by atoms with van der Waals surface area (Å²) >= 11 is 0. The van der Waals surface area contributed by atoms with Gasteiger partial charge in [0.15, 0.2) is 0 Å². The molecule has 0 aromatic heterocycles. The minimum atomic E-state index is 0.587. The Labute approximate surface area is 98.2 Å². The fourth-order valence-electron chi connectivity index (χ4n) is 2.18. The molecular formula is C14H22N2. The number of nitrogen functional groups attached to an aromatic ring is 1. The van der Waals surface area contributed by atoms with E-state index in [4.69, 9.17) is 5.73 Å². The normalized spacial score (nSPS) is 22.0. The molecule has 0 amide bonds. The molecule has 2 nitrogen and oxygen atoms in total. The van der Waals surface area contributed by atoms with Crippen LogP contribution in [0.5, 0.6) is 0 Å². The van der Waals surface area contributed by atoms with Crippen molar-refractivity contribution < 1.29 is 0 Å². The zero-order chi connectivity index (χ0) is 11.6. The molecule has 0 radical (unpaired) electrons. The number of benzene rings is 1. The van der Waals surface area contributed by atoms with Crippen LogP contribution in [-0.2, 0) is 6.42 Å². The molecule has 1 aromatic carbocycles. The van der Waals surface area contributed by atoms with E-state index in [1.165, 1.54) is 12.0 Å². The average molecular weight is 218 g/mol. The van der Waals surface area contributed by atoms with Crippen molar-refractivity contribution in [1.82, 2.24) is 5.32 Å². The maximum absolute atomic E-state index is 5.74. The first-order chi connectivity index (χ1) is 7.58. The molecule has 0 aliphatic heterocycles. The van der Waals surface area contributed by atoms with Crippen molar-refractivity contribution in [3.8, 4) is 0 Å². The van der Waals surface area contributed by atoms with E-state index in [0.717, 1.165) is 31.1 Å². The van der Waals surface area contributed by atoms with Crippen LogP contribution in [-0.4, -0.2) is 13.1 Å². The molecule has 1 aliphatic rings. The number of nitrogens with two attached hydrogens (primary N) is 1. The quantitative estimate of drug-likeness (QED) is 0.588. The van der Waals surface area contributed by atoms with Gasteiger partial charge in [-0.05, 0) is 55.0 Å². The van der Waals surface area contributed by atoms with E-state index < -0.39 is 0 Å². The monoisotopic (exact) mass is 218 g/mol. The highest BCUT2D eigenvalue weighted by Gasteiger charge is 2.44. The highest BCUT2D eigenvalue weighted by molar-refractivity contribution is 5.40. The summed E-state index contributed by atoms with van der Waals surface area (Å²) in [7, 11) is 0. The van der Waals surface area contributed by atoms with E-state index in [2.05, 4.69) is 31.3 Å². The Morgan fingerprint density at radius 3 is 2.81 bits per heavy atom. The van der Waals surface area contributed by atoms with E-state index in [1.54, 1.807) is 0 Å². The fourth-order valence-corrected chi connectivity index (χ4v) is 2.18. The lowest BCUT2D eigenvalue weighted by atomic mass is 10.1. The minimum Gasteiger partial charge on any atom is -0.399 e. The highest BCUT2D eigenvalue weighted by atomic mass is 14.9. The van der Waals surface area contributed by atoms with E-state index in [0.29, 0.717) is 5.41 Å². The van der Waals surface area contributed by atoms with E-state index in [1.807, 2.05) is 12.1 Å². The summed E-state index contributed by atoms with van der Waals surface area (Å²) in [5.74, 6) is 0.883. The van der Waals surface area contributed by atoms with Gasteiger partial charge in [0.1, 0.15) is 0 Å². The van der Waals surface area contributed by atoms with Crippen LogP contribution in [0.2, 0.25) is 0 Å². The molecular weight excluding hydrogens is 196 g/mol. The van der Waals surface area contributed by atoms with Crippen LogP contribution in [0.1, 0.15) is 25.8 Å². The first-order valence-electron chi connectivity index (χ1n) is 6.13. The summed E-state index contributed by atoms with van der Waals surface area (Å²) < 4.78 is 0. The summed E-state index contributed by atoms with van der Waals surface area (Å²) in [6.07, 6.45) is 2.44. The molecule has 3 N–H and O–H groups in total. The van der Waals surface area contributed by atoms with Gasteiger partial charge in [-0.25, -0.2) is 0 Å². The van der Waals surface area contributed by atoms with E-state index in [9.17, 15) is 0 Å². The second kappa shape index (κ2) is 4.46. The van der Waals surface area contributed by atoms with Gasteiger partial charge in [0.25, 0.3) is 0 Å². The number of nitrogens with one attached hydrogen (secondary N) is 1. The first kappa shape index (κ1) is 11.5. The van der Waals surface area contributed by atoms with Gasteiger partial charge in [-0.1, -0.05) is 26.0 Å². The van der Waals surface area contributed by atoms with Crippen LogP contribution >= 0.6 is 0 Å². The molecule has 1 aromatic rings. The van der Waals surface area contributed by atoms with Crippen LogP contribution in [0.4, 0.5) is 5.69 Å². The molecule has 0 bridgehead atoms. The first-order valence-corrected chi connectivity index (χ1v) is 6.13. The smallest absolute Gasteiger partial charge is 0.0316 e. The van der Waals surface area contributed by atoms with Crippen molar-refractivity contribution in [1.29, 1.82) is 0 Å². The number of anilines is 1. The van der Waals surface area contributed by atoms with E-state index >= 15 is 0 Å². The summed E-state index contributed by atoms with van der Waals surface area (Å²) in [6.45, 7) is 6.90. The SMILES string of the molecule is CC1(C)CC1CNCCc1cccc(N)c1. The van der Waals surface area contributed by atoms with Gasteiger partial charge in [-0.2, -0.15) is 0 Å². The Balaban J connectivity index is 1.65. The van der Waals surface area contributed by atoms with Crippen molar-refractivity contribution in [2.45, 2.75) is 26.7 Å². The highest BCUT2D eigenvalue weighted by Crippen LogP contribution is 2.50. The lowest BCUT2D eigenvalue weighted by molar-refractivity contribution is 0.521. The third kappa shape index (κ3) is 2.99. The Morgan fingerprint density at radius 2 is 2.19 bits per heavy atom. The van der Waals surface area contributed by atoms with Crippen LogP contribution in [0.3, 0.4) is 0 Å². The Hall–Kier alpha value is -1.02. The molecule has 1 unspecified atom stereocenters. The largest absolute Gasteiger partial charge is 0.399 e. The van der Waals surface area contributed by atoms with Crippen molar-refractivity contribution in [3.63, 3.8) is 0 Å². The maximum atomic E-state index is 5.74. The third-order valence-electron chi connectivity index (χ3n) is 3.65. The van der Waals surface area contributed by atoms with Gasteiger partial charge in [-0.15, -0.1) is 0 Å². The molecule has 1 saturated carbocycles. The summed E-state index contributed by atoms with van der Waals surface area (Å²) in [4.78, 5) is 0. The zero-order valence-electron chi connectivity index (χ0n) is 10.3. The van der Waals surface area contributed by atoms with Gasteiger partial charge in [0, 0.05) is 5.69 Å². The van der Waals surface area contributed by atoms with E-state index in [-0.39, 0.29) is 0 Å². The predicted octanol–water partition coefficient (Wildman–Crippen LogP) is 2.45. The van der Waals surface area contributed by atoms with Crippen LogP contribution in [0.25, 0.3) is 0 Å². The van der Waals surface area contributed by atoms with Gasteiger partial charge in [0.05, 0.1) is 0 Å². The standard InChI is InChI=1S/C14H22N2/c1-14(2)9-12(14)10-16-7-6-11-4-3-5-13(15)8-11/h3-5,8,12,16H,6-7,9-10,15H2,1-2H3. The number of hydrogen-bond donors (Lipinski definition) is 2.